The maximum Gasteiger partial charge on any atom is 0.314 e. The molecule has 4 heteroatoms. The molecule has 2 aliphatic rings. The number of cyclic esters (lactones) is 1. The molecule has 88 valence electrons. The van der Waals surface area contributed by atoms with Gasteiger partial charge >= 0.3 is 11.9 Å². The highest BCUT2D eigenvalue weighted by molar-refractivity contribution is 5.87. The Labute approximate surface area is 98.5 Å². The molecule has 0 bridgehead atoms. The van der Waals surface area contributed by atoms with Crippen molar-refractivity contribution in [3.05, 3.63) is 35.9 Å². The van der Waals surface area contributed by atoms with Gasteiger partial charge in [0.05, 0.1) is 5.92 Å². The number of ether oxygens (including phenoxy) is 2. The zero-order chi connectivity index (χ0) is 12.0. The first-order valence-corrected chi connectivity index (χ1v) is 5.64. The predicted octanol–water partition coefficient (Wildman–Crippen LogP) is 1.46. The molecule has 0 radical (unpaired) electrons. The molecular formula is C13H12O4. The number of carbonyl (C=O) groups excluding carboxylic acids is 2. The van der Waals surface area contributed by atoms with Crippen LogP contribution in [0.4, 0.5) is 0 Å². The number of rotatable bonds is 1. The SMILES string of the molecule is CC1C(=O)OC2C(c3ccccc3)OC(=O)C12. The minimum absolute atomic E-state index is 0.308. The quantitative estimate of drug-likeness (QED) is 0.688. The zero-order valence-corrected chi connectivity index (χ0v) is 9.33. The summed E-state index contributed by atoms with van der Waals surface area (Å²) < 4.78 is 10.6. The average Bonchev–Trinajstić information content (AvgIpc) is 2.81. The molecule has 4 nitrogen and oxygen atoms in total. The van der Waals surface area contributed by atoms with Crippen LogP contribution in [0.5, 0.6) is 0 Å². The van der Waals surface area contributed by atoms with Crippen LogP contribution < -0.4 is 0 Å². The normalized spacial score (nSPS) is 35.4. The van der Waals surface area contributed by atoms with E-state index in [0.29, 0.717) is 0 Å². The lowest BCUT2D eigenvalue weighted by Crippen LogP contribution is -2.21. The molecule has 3 rings (SSSR count). The summed E-state index contributed by atoms with van der Waals surface area (Å²) in [6.45, 7) is 1.71. The Morgan fingerprint density at radius 3 is 2.41 bits per heavy atom. The Bertz CT molecular complexity index is 468. The highest BCUT2D eigenvalue weighted by Crippen LogP contribution is 2.44. The summed E-state index contributed by atoms with van der Waals surface area (Å²) >= 11 is 0. The molecule has 2 fully saturated rings. The van der Waals surface area contributed by atoms with Gasteiger partial charge in [0.1, 0.15) is 5.92 Å². The summed E-state index contributed by atoms with van der Waals surface area (Å²) in [4.78, 5) is 23.2. The number of carbonyl (C=O) groups is 2. The second-order valence-corrected chi connectivity index (χ2v) is 4.48. The van der Waals surface area contributed by atoms with Crippen LogP contribution in [0.1, 0.15) is 18.6 Å². The fourth-order valence-corrected chi connectivity index (χ4v) is 2.51. The maximum atomic E-state index is 11.7. The third-order valence-corrected chi connectivity index (χ3v) is 3.46. The highest BCUT2D eigenvalue weighted by Gasteiger charge is 2.57. The van der Waals surface area contributed by atoms with Gasteiger partial charge < -0.3 is 9.47 Å². The van der Waals surface area contributed by atoms with Gasteiger partial charge in [-0.3, -0.25) is 9.59 Å². The third-order valence-electron chi connectivity index (χ3n) is 3.46. The largest absolute Gasteiger partial charge is 0.457 e. The van der Waals surface area contributed by atoms with Crippen molar-refractivity contribution in [1.82, 2.24) is 0 Å². The molecule has 1 aromatic carbocycles. The van der Waals surface area contributed by atoms with E-state index in [9.17, 15) is 9.59 Å². The monoisotopic (exact) mass is 232 g/mol. The van der Waals surface area contributed by atoms with Gasteiger partial charge in [-0.1, -0.05) is 37.3 Å². The van der Waals surface area contributed by atoms with E-state index in [4.69, 9.17) is 9.47 Å². The van der Waals surface area contributed by atoms with Crippen molar-refractivity contribution in [2.75, 3.05) is 0 Å². The molecule has 4 atom stereocenters. The van der Waals surface area contributed by atoms with Gasteiger partial charge in [0.25, 0.3) is 0 Å². The van der Waals surface area contributed by atoms with Crippen LogP contribution in [0.25, 0.3) is 0 Å². The van der Waals surface area contributed by atoms with Crippen LogP contribution in [0.15, 0.2) is 30.3 Å². The molecule has 0 aromatic heterocycles. The summed E-state index contributed by atoms with van der Waals surface area (Å²) in [5, 5.41) is 0. The number of hydrogen-bond donors (Lipinski definition) is 0. The standard InChI is InChI=1S/C13H12O4/c1-7-9-11(17-12(7)14)10(16-13(9)15)8-5-3-2-4-6-8/h2-7,9-11H,1H3. The van der Waals surface area contributed by atoms with Crippen molar-refractivity contribution in [3.63, 3.8) is 0 Å². The number of esters is 2. The second-order valence-electron chi connectivity index (χ2n) is 4.48. The first-order valence-electron chi connectivity index (χ1n) is 5.64. The minimum Gasteiger partial charge on any atom is -0.457 e. The first kappa shape index (κ1) is 10.3. The summed E-state index contributed by atoms with van der Waals surface area (Å²) in [7, 11) is 0. The van der Waals surface area contributed by atoms with Gasteiger partial charge in [-0.15, -0.1) is 0 Å². The van der Waals surface area contributed by atoms with Crippen LogP contribution in [0, 0.1) is 11.8 Å². The molecule has 0 amide bonds. The molecule has 0 N–H and O–H groups in total. The van der Waals surface area contributed by atoms with Gasteiger partial charge in [0.15, 0.2) is 12.2 Å². The average molecular weight is 232 g/mol. The van der Waals surface area contributed by atoms with Crippen molar-refractivity contribution in [1.29, 1.82) is 0 Å². The van der Waals surface area contributed by atoms with Crippen molar-refractivity contribution in [2.45, 2.75) is 19.1 Å². The van der Waals surface area contributed by atoms with E-state index < -0.39 is 24.0 Å². The third kappa shape index (κ3) is 1.44. The van der Waals surface area contributed by atoms with Crippen molar-refractivity contribution in [3.8, 4) is 0 Å². The summed E-state index contributed by atoms with van der Waals surface area (Å²) in [6.07, 6.45) is -0.921. The van der Waals surface area contributed by atoms with Gasteiger partial charge in [-0.05, 0) is 5.56 Å². The number of benzene rings is 1. The van der Waals surface area contributed by atoms with Gasteiger partial charge in [-0.2, -0.15) is 0 Å². The van der Waals surface area contributed by atoms with Crippen LogP contribution in [0.2, 0.25) is 0 Å². The van der Waals surface area contributed by atoms with Crippen LogP contribution >= 0.6 is 0 Å². The van der Waals surface area contributed by atoms with E-state index in [1.807, 2.05) is 30.3 Å². The van der Waals surface area contributed by atoms with E-state index in [1.54, 1.807) is 6.92 Å². The van der Waals surface area contributed by atoms with Crippen molar-refractivity contribution < 1.29 is 19.1 Å². The lowest BCUT2D eigenvalue weighted by Gasteiger charge is -2.15. The topological polar surface area (TPSA) is 52.6 Å². The Morgan fingerprint density at radius 1 is 1.00 bits per heavy atom. The van der Waals surface area contributed by atoms with Crippen LogP contribution in [0.3, 0.4) is 0 Å². The molecule has 2 saturated heterocycles. The molecule has 4 unspecified atom stereocenters. The van der Waals surface area contributed by atoms with Crippen molar-refractivity contribution in [2.24, 2.45) is 11.8 Å². The number of hydrogen-bond acceptors (Lipinski definition) is 4. The van der Waals surface area contributed by atoms with Gasteiger partial charge in [0, 0.05) is 0 Å². The van der Waals surface area contributed by atoms with Crippen LogP contribution in [-0.4, -0.2) is 18.0 Å². The molecule has 2 heterocycles. The van der Waals surface area contributed by atoms with E-state index in [1.165, 1.54) is 0 Å². The van der Waals surface area contributed by atoms with E-state index in [-0.39, 0.29) is 11.9 Å². The summed E-state index contributed by atoms with van der Waals surface area (Å²) in [5.41, 5.74) is 0.871. The Hall–Kier alpha value is -1.84. The number of fused-ring (bicyclic) bond motifs is 1. The van der Waals surface area contributed by atoms with E-state index in [2.05, 4.69) is 0 Å². The predicted molar refractivity (Wildman–Crippen MR) is 57.8 cm³/mol. The summed E-state index contributed by atoms with van der Waals surface area (Å²) in [5.74, 6) is -1.49. The second kappa shape index (κ2) is 3.58. The van der Waals surface area contributed by atoms with Gasteiger partial charge in [0.2, 0.25) is 0 Å². The van der Waals surface area contributed by atoms with E-state index >= 15 is 0 Å². The Balaban J connectivity index is 1.95. The fourth-order valence-electron chi connectivity index (χ4n) is 2.51. The summed E-state index contributed by atoms with van der Waals surface area (Å²) in [6, 6.07) is 9.38. The zero-order valence-electron chi connectivity index (χ0n) is 9.33. The lowest BCUT2D eigenvalue weighted by molar-refractivity contribution is -0.155. The molecule has 0 aliphatic carbocycles. The highest BCUT2D eigenvalue weighted by atomic mass is 16.6. The smallest absolute Gasteiger partial charge is 0.314 e. The Kier molecular flexibility index (Phi) is 2.18. The van der Waals surface area contributed by atoms with Gasteiger partial charge in [-0.25, -0.2) is 0 Å². The molecule has 1 aromatic rings. The molecule has 2 aliphatic heterocycles. The molecule has 0 saturated carbocycles. The minimum atomic E-state index is -0.465. The fraction of sp³-hybridized carbons (Fsp3) is 0.385. The maximum absolute atomic E-state index is 11.7. The molecule has 17 heavy (non-hydrogen) atoms. The lowest BCUT2D eigenvalue weighted by atomic mass is 9.90. The van der Waals surface area contributed by atoms with Crippen LogP contribution in [-0.2, 0) is 19.1 Å². The Morgan fingerprint density at radius 2 is 1.71 bits per heavy atom. The molecular weight excluding hydrogens is 220 g/mol. The first-order chi connectivity index (χ1) is 8.18. The van der Waals surface area contributed by atoms with Crippen molar-refractivity contribution >= 4 is 11.9 Å². The van der Waals surface area contributed by atoms with E-state index in [0.717, 1.165) is 5.56 Å². The molecule has 0 spiro atoms.